The molecule has 0 atom stereocenters. The highest BCUT2D eigenvalue weighted by molar-refractivity contribution is 7.20. The Morgan fingerprint density at radius 1 is 0.333 bits per heavy atom. The molecular weight excluding hydrogens is 451 g/mol. The van der Waals surface area contributed by atoms with Crippen LogP contribution in [0.5, 0.6) is 0 Å². The Kier molecular flexibility index (Phi) is 5.74. The average Bonchev–Trinajstić information content (AvgIpc) is 2.72. The van der Waals surface area contributed by atoms with E-state index in [1.807, 2.05) is 0 Å². The van der Waals surface area contributed by atoms with Crippen LogP contribution in [-0.2, 0) is 0 Å². The first-order chi connectivity index (χ1) is 15.6. The first kappa shape index (κ1) is 22.6. The summed E-state index contributed by atoms with van der Waals surface area (Å²) in [6.07, 6.45) is -3.54. The molecule has 0 aliphatic heterocycles. The maximum Gasteiger partial charge on any atom is 0.125 e. The molecule has 33 heavy (non-hydrogen) atoms. The van der Waals surface area contributed by atoms with Crippen molar-refractivity contribution in [1.29, 1.82) is 0 Å². The second kappa shape index (κ2) is 8.39. The van der Waals surface area contributed by atoms with Gasteiger partial charge < -0.3 is 0 Å². The van der Waals surface area contributed by atoms with Gasteiger partial charge in [-0.3, -0.25) is 0 Å². The zero-order valence-corrected chi connectivity index (χ0v) is 16.5. The molecule has 4 aromatic rings. The molecule has 0 N–H and O–H groups in total. The number of benzene rings is 4. The van der Waals surface area contributed by atoms with Crippen molar-refractivity contribution in [2.75, 3.05) is 0 Å². The Hall–Kier alpha value is -3.62. The number of halogens is 8. The number of hydrogen-bond donors (Lipinski definition) is 0. The molecule has 0 aromatic heterocycles. The van der Waals surface area contributed by atoms with Gasteiger partial charge in [0.05, 0.1) is 23.3 Å². The van der Waals surface area contributed by atoms with Crippen LogP contribution in [0.25, 0.3) is 0 Å². The SMILES string of the molecule is Fc1ccc([B-](c2ccc(F)cc2F)(c2ccc(F)cc2F)c2ccc(F)cc2F)c(F)c1. The third-order valence-electron chi connectivity index (χ3n) is 5.72. The lowest BCUT2D eigenvalue weighted by Gasteiger charge is -2.44. The standard InChI is InChI=1S/C24H12BF8/c26-13-1-5-17(21(30)9-13)25(18-6-2-14(27)10-22(18)31,19-7-3-15(28)11-23(19)32)20-8-4-16(29)12-24(20)33/h1-12H/q-1. The van der Waals surface area contributed by atoms with Gasteiger partial charge in [0.15, 0.2) is 0 Å². The first-order valence-corrected chi connectivity index (χ1v) is 9.62. The second-order valence-corrected chi connectivity index (χ2v) is 7.53. The Morgan fingerprint density at radius 3 is 0.727 bits per heavy atom. The molecule has 168 valence electrons. The van der Waals surface area contributed by atoms with Crippen LogP contribution in [0.15, 0.2) is 72.8 Å². The van der Waals surface area contributed by atoms with Gasteiger partial charge in [-0.25, -0.2) is 35.1 Å². The Balaban J connectivity index is 2.28. The van der Waals surface area contributed by atoms with Crippen molar-refractivity contribution in [1.82, 2.24) is 0 Å². The molecule has 0 radical (unpaired) electrons. The molecule has 0 amide bonds. The highest BCUT2D eigenvalue weighted by Crippen LogP contribution is 2.18. The van der Waals surface area contributed by atoms with Gasteiger partial charge >= 0.3 is 0 Å². The summed E-state index contributed by atoms with van der Waals surface area (Å²) >= 11 is 0. The van der Waals surface area contributed by atoms with Crippen molar-refractivity contribution in [3.8, 4) is 0 Å². The molecule has 0 heterocycles. The van der Waals surface area contributed by atoms with Crippen molar-refractivity contribution in [2.24, 2.45) is 0 Å². The lowest BCUT2D eigenvalue weighted by Crippen LogP contribution is -2.77. The summed E-state index contributed by atoms with van der Waals surface area (Å²) in [4.78, 5) is 0. The van der Waals surface area contributed by atoms with Crippen LogP contribution in [-0.4, -0.2) is 6.15 Å². The molecule has 0 spiro atoms. The first-order valence-electron chi connectivity index (χ1n) is 9.62. The van der Waals surface area contributed by atoms with E-state index < -0.39 is 74.5 Å². The van der Waals surface area contributed by atoms with Crippen molar-refractivity contribution in [3.05, 3.63) is 119 Å². The van der Waals surface area contributed by atoms with E-state index in [0.29, 0.717) is 24.3 Å². The van der Waals surface area contributed by atoms with Gasteiger partial charge in [0.2, 0.25) is 0 Å². The molecular formula is C24H12BF8-. The number of hydrogen-bond acceptors (Lipinski definition) is 0. The highest BCUT2D eigenvalue weighted by Gasteiger charge is 2.39. The van der Waals surface area contributed by atoms with Gasteiger partial charge in [-0.2, -0.15) is 21.9 Å². The quantitative estimate of drug-likeness (QED) is 0.315. The summed E-state index contributed by atoms with van der Waals surface area (Å²) in [5.74, 6) is -9.31. The monoisotopic (exact) mass is 463 g/mol. The van der Waals surface area contributed by atoms with E-state index >= 15 is 17.6 Å². The molecule has 0 saturated heterocycles. The molecule has 0 fully saturated rings. The number of rotatable bonds is 4. The van der Waals surface area contributed by atoms with Crippen LogP contribution in [0.1, 0.15) is 0 Å². The minimum absolute atomic E-state index is 0.427. The molecule has 0 unspecified atom stereocenters. The van der Waals surface area contributed by atoms with E-state index in [1.165, 1.54) is 0 Å². The minimum Gasteiger partial charge on any atom is -0.210 e. The molecule has 0 aliphatic rings. The minimum atomic E-state index is -3.54. The molecule has 0 bridgehead atoms. The van der Waals surface area contributed by atoms with E-state index in [-0.39, 0.29) is 0 Å². The molecule has 9 heteroatoms. The summed E-state index contributed by atoms with van der Waals surface area (Å²) in [6, 6.07) is 8.31. The van der Waals surface area contributed by atoms with Gasteiger partial charge in [0.25, 0.3) is 0 Å². The van der Waals surface area contributed by atoms with Crippen molar-refractivity contribution < 1.29 is 35.1 Å². The van der Waals surface area contributed by atoms with Crippen LogP contribution in [0.3, 0.4) is 0 Å². The van der Waals surface area contributed by atoms with Gasteiger partial charge in [0.1, 0.15) is 29.4 Å². The van der Waals surface area contributed by atoms with E-state index in [0.717, 1.165) is 48.5 Å². The molecule has 0 aliphatic carbocycles. The predicted molar refractivity (Wildman–Crippen MR) is 110 cm³/mol. The van der Waals surface area contributed by atoms with Crippen LogP contribution in [0, 0.1) is 46.5 Å². The smallest absolute Gasteiger partial charge is 0.125 e. The highest BCUT2D eigenvalue weighted by atomic mass is 19.2. The molecule has 4 aromatic carbocycles. The lowest BCUT2D eigenvalue weighted by atomic mass is 9.12. The van der Waals surface area contributed by atoms with Crippen molar-refractivity contribution >= 4 is 28.0 Å². The van der Waals surface area contributed by atoms with Gasteiger partial charge in [-0.15, -0.1) is 0 Å². The summed E-state index contributed by atoms with van der Waals surface area (Å²) in [7, 11) is 0. The summed E-state index contributed by atoms with van der Waals surface area (Å²) in [5.41, 5.74) is -2.29. The predicted octanol–water partition coefficient (Wildman–Crippen LogP) is 4.18. The molecule has 0 nitrogen and oxygen atoms in total. The van der Waals surface area contributed by atoms with E-state index in [4.69, 9.17) is 0 Å². The third kappa shape index (κ3) is 3.77. The van der Waals surface area contributed by atoms with Crippen LogP contribution in [0.2, 0.25) is 0 Å². The van der Waals surface area contributed by atoms with E-state index in [2.05, 4.69) is 0 Å². The molecule has 4 rings (SSSR count). The van der Waals surface area contributed by atoms with Crippen LogP contribution >= 0.6 is 0 Å². The maximum atomic E-state index is 15.2. The third-order valence-corrected chi connectivity index (χ3v) is 5.72. The second-order valence-electron chi connectivity index (χ2n) is 7.53. The normalized spacial score (nSPS) is 11.6. The lowest BCUT2D eigenvalue weighted by molar-refractivity contribution is 0.584. The fourth-order valence-electron chi connectivity index (χ4n) is 4.42. The van der Waals surface area contributed by atoms with E-state index in [9.17, 15) is 17.6 Å². The molecule has 0 saturated carbocycles. The maximum absolute atomic E-state index is 15.2. The summed E-state index contributed by atoms with van der Waals surface area (Å²) in [5, 5.41) is 0. The van der Waals surface area contributed by atoms with E-state index in [1.54, 1.807) is 0 Å². The fraction of sp³-hybridized carbons (Fsp3) is 0. The van der Waals surface area contributed by atoms with Gasteiger partial charge in [-0.1, -0.05) is 24.3 Å². The zero-order chi connectivity index (χ0) is 23.9. The Bertz CT molecular complexity index is 1160. The average molecular weight is 463 g/mol. The fourth-order valence-corrected chi connectivity index (χ4v) is 4.42. The van der Waals surface area contributed by atoms with Gasteiger partial charge in [-0.05, 0) is 24.3 Å². The Morgan fingerprint density at radius 2 is 0.545 bits per heavy atom. The van der Waals surface area contributed by atoms with Gasteiger partial charge in [0, 0.05) is 24.3 Å². The summed E-state index contributed by atoms with van der Waals surface area (Å²) < 4.78 is 116. The van der Waals surface area contributed by atoms with Crippen LogP contribution in [0.4, 0.5) is 35.1 Å². The largest absolute Gasteiger partial charge is 0.210 e. The summed E-state index contributed by atoms with van der Waals surface area (Å²) in [6.45, 7) is 0. The van der Waals surface area contributed by atoms with Crippen molar-refractivity contribution in [3.63, 3.8) is 0 Å². The zero-order valence-electron chi connectivity index (χ0n) is 16.5. The topological polar surface area (TPSA) is 0 Å². The van der Waals surface area contributed by atoms with Crippen LogP contribution < -0.4 is 21.9 Å². The Labute approximate surface area is 183 Å². The van der Waals surface area contributed by atoms with Crippen molar-refractivity contribution in [2.45, 2.75) is 0 Å².